The molecule has 0 fully saturated rings. The number of benzene rings is 1. The number of aryl methyl sites for hydroxylation is 1. The van der Waals surface area contributed by atoms with E-state index >= 15 is 0 Å². The van der Waals surface area contributed by atoms with Crippen molar-refractivity contribution >= 4 is 12.1 Å². The minimum atomic E-state index is -0.375. The van der Waals surface area contributed by atoms with E-state index in [0.717, 1.165) is 28.2 Å². The van der Waals surface area contributed by atoms with Crippen LogP contribution >= 0.6 is 0 Å². The van der Waals surface area contributed by atoms with E-state index in [4.69, 9.17) is 0 Å². The number of nitrogens with one attached hydrogen (secondary N) is 2. The first-order chi connectivity index (χ1) is 14.1. The van der Waals surface area contributed by atoms with Crippen LogP contribution in [0.3, 0.4) is 0 Å². The molecule has 4 aromatic rings. The number of carbonyl (C=O) groups excluding carboxylic acids is 1. The maximum atomic E-state index is 12.3. The van der Waals surface area contributed by atoms with Crippen LogP contribution in [0.1, 0.15) is 27.4 Å². The zero-order valence-corrected chi connectivity index (χ0v) is 16.0. The van der Waals surface area contributed by atoms with E-state index in [2.05, 4.69) is 30.8 Å². The molecule has 2 N–H and O–H groups in total. The highest BCUT2D eigenvalue weighted by Gasteiger charge is 2.18. The zero-order valence-electron chi connectivity index (χ0n) is 16.0. The number of H-pyrrole nitrogens is 1. The van der Waals surface area contributed by atoms with Crippen molar-refractivity contribution in [2.75, 3.05) is 0 Å². The summed E-state index contributed by atoms with van der Waals surface area (Å²) in [7, 11) is 0. The third-order valence-corrected chi connectivity index (χ3v) is 4.46. The Morgan fingerprint density at radius 2 is 1.90 bits per heavy atom. The summed E-state index contributed by atoms with van der Waals surface area (Å²) in [5, 5.41) is 15.7. The van der Waals surface area contributed by atoms with E-state index in [1.54, 1.807) is 36.8 Å². The van der Waals surface area contributed by atoms with Gasteiger partial charge in [0.2, 0.25) is 0 Å². The van der Waals surface area contributed by atoms with E-state index in [1.807, 2.05) is 48.9 Å². The Balaban J connectivity index is 1.54. The topological polar surface area (TPSA) is 101 Å². The van der Waals surface area contributed by atoms with Gasteiger partial charge in [0.25, 0.3) is 5.91 Å². The lowest BCUT2D eigenvalue weighted by atomic mass is 10.1. The van der Waals surface area contributed by atoms with Crippen LogP contribution in [-0.2, 0) is 0 Å². The molecule has 0 aliphatic rings. The first-order valence-electron chi connectivity index (χ1n) is 9.04. The first kappa shape index (κ1) is 18.3. The van der Waals surface area contributed by atoms with Crippen molar-refractivity contribution in [3.05, 3.63) is 83.6 Å². The summed E-state index contributed by atoms with van der Waals surface area (Å²) in [5.74, 6) is -0.375. The fourth-order valence-corrected chi connectivity index (χ4v) is 3.08. The van der Waals surface area contributed by atoms with E-state index in [-0.39, 0.29) is 5.91 Å². The van der Waals surface area contributed by atoms with Crippen molar-refractivity contribution in [3.63, 3.8) is 0 Å². The summed E-state index contributed by atoms with van der Waals surface area (Å²) >= 11 is 0. The molecule has 0 saturated heterocycles. The minimum absolute atomic E-state index is 0.318. The van der Waals surface area contributed by atoms with Gasteiger partial charge in [-0.3, -0.25) is 14.9 Å². The number of hydrogen-bond acceptors (Lipinski definition) is 5. The zero-order chi connectivity index (χ0) is 20.2. The number of nitrogens with zero attached hydrogens (tertiary/aromatic N) is 5. The molecular weight excluding hydrogens is 366 g/mol. The molecular formula is C21H19N7O. The summed E-state index contributed by atoms with van der Waals surface area (Å²) in [6.45, 7) is 3.91. The van der Waals surface area contributed by atoms with Gasteiger partial charge in [0, 0.05) is 18.0 Å². The molecule has 1 amide bonds. The smallest absolute Gasteiger partial charge is 0.272 e. The number of hydrazone groups is 1. The second-order valence-electron chi connectivity index (χ2n) is 6.44. The first-order valence-corrected chi connectivity index (χ1v) is 9.04. The average molecular weight is 385 g/mol. The van der Waals surface area contributed by atoms with Crippen LogP contribution in [0, 0.1) is 13.8 Å². The molecule has 0 unspecified atom stereocenters. The molecule has 0 aliphatic heterocycles. The number of carbonyl (C=O) groups is 1. The molecule has 0 bridgehead atoms. The minimum Gasteiger partial charge on any atom is -0.272 e. The summed E-state index contributed by atoms with van der Waals surface area (Å²) in [5.41, 5.74) is 7.95. The number of rotatable bonds is 5. The molecule has 1 aromatic carbocycles. The van der Waals surface area contributed by atoms with Crippen LogP contribution in [0.2, 0.25) is 0 Å². The SMILES string of the molecule is Cc1nn(-c2ccccc2)c(C)c1-c1cc(C(=O)N/N=C/c2ccncc2)[nH]n1. The van der Waals surface area contributed by atoms with Crippen LogP contribution in [-0.4, -0.2) is 37.1 Å². The van der Waals surface area contributed by atoms with E-state index in [9.17, 15) is 4.79 Å². The Kier molecular flexibility index (Phi) is 4.98. The van der Waals surface area contributed by atoms with Gasteiger partial charge in [-0.15, -0.1) is 0 Å². The fourth-order valence-electron chi connectivity index (χ4n) is 3.08. The molecule has 0 atom stereocenters. The van der Waals surface area contributed by atoms with Gasteiger partial charge in [-0.25, -0.2) is 10.1 Å². The molecule has 3 heterocycles. The van der Waals surface area contributed by atoms with Crippen LogP contribution in [0.4, 0.5) is 0 Å². The molecule has 8 nitrogen and oxygen atoms in total. The lowest BCUT2D eigenvalue weighted by Gasteiger charge is -2.04. The Morgan fingerprint density at radius 1 is 1.14 bits per heavy atom. The van der Waals surface area contributed by atoms with Crippen molar-refractivity contribution < 1.29 is 4.79 Å². The van der Waals surface area contributed by atoms with Crippen LogP contribution in [0.5, 0.6) is 0 Å². The number of hydrogen-bond donors (Lipinski definition) is 2. The highest BCUT2D eigenvalue weighted by Crippen LogP contribution is 2.27. The number of pyridine rings is 1. The van der Waals surface area contributed by atoms with E-state index in [1.165, 1.54) is 0 Å². The summed E-state index contributed by atoms with van der Waals surface area (Å²) < 4.78 is 1.87. The van der Waals surface area contributed by atoms with Gasteiger partial charge >= 0.3 is 0 Å². The predicted octanol–water partition coefficient (Wildman–Crippen LogP) is 3.04. The van der Waals surface area contributed by atoms with Crippen molar-refractivity contribution in [2.45, 2.75) is 13.8 Å². The van der Waals surface area contributed by atoms with Gasteiger partial charge in [0.1, 0.15) is 5.69 Å². The molecule has 0 radical (unpaired) electrons. The molecule has 4 rings (SSSR count). The van der Waals surface area contributed by atoms with E-state index < -0.39 is 0 Å². The number of amides is 1. The normalized spacial score (nSPS) is 11.1. The summed E-state index contributed by atoms with van der Waals surface area (Å²) in [6, 6.07) is 15.2. The van der Waals surface area contributed by atoms with Crippen molar-refractivity contribution in [3.8, 4) is 16.9 Å². The average Bonchev–Trinajstić information content (AvgIpc) is 3.33. The Bertz CT molecular complexity index is 1160. The predicted molar refractivity (Wildman–Crippen MR) is 110 cm³/mol. The van der Waals surface area contributed by atoms with E-state index in [0.29, 0.717) is 11.4 Å². The lowest BCUT2D eigenvalue weighted by Crippen LogP contribution is -2.17. The van der Waals surface area contributed by atoms with Gasteiger partial charge < -0.3 is 0 Å². The highest BCUT2D eigenvalue weighted by atomic mass is 16.2. The molecule has 0 saturated carbocycles. The van der Waals surface area contributed by atoms with Gasteiger partial charge in [0.05, 0.1) is 29.0 Å². The third kappa shape index (κ3) is 3.81. The highest BCUT2D eigenvalue weighted by molar-refractivity contribution is 5.94. The second-order valence-corrected chi connectivity index (χ2v) is 6.44. The van der Waals surface area contributed by atoms with Crippen molar-refractivity contribution in [2.24, 2.45) is 5.10 Å². The van der Waals surface area contributed by atoms with Gasteiger partial charge in [-0.1, -0.05) is 18.2 Å². The van der Waals surface area contributed by atoms with Gasteiger partial charge in [0.15, 0.2) is 0 Å². The Labute approximate surface area is 167 Å². The largest absolute Gasteiger partial charge is 0.289 e. The number of para-hydroxylation sites is 1. The number of aromatic amines is 1. The molecule has 29 heavy (non-hydrogen) atoms. The van der Waals surface area contributed by atoms with Crippen molar-refractivity contribution in [1.29, 1.82) is 0 Å². The van der Waals surface area contributed by atoms with Crippen LogP contribution in [0.15, 0.2) is 66.0 Å². The second kappa shape index (κ2) is 7.89. The third-order valence-electron chi connectivity index (χ3n) is 4.46. The standard InChI is InChI=1S/C21H19N7O/c1-14-20(15(2)28(27-14)17-6-4-3-5-7-17)18-12-19(25-24-18)21(29)26-23-13-16-8-10-22-11-9-16/h3-13H,1-2H3,(H,24,25)(H,26,29)/b23-13+. The monoisotopic (exact) mass is 385 g/mol. The lowest BCUT2D eigenvalue weighted by molar-refractivity contribution is 0.0950. The molecule has 0 aliphatic carbocycles. The maximum Gasteiger partial charge on any atom is 0.289 e. The molecule has 8 heteroatoms. The summed E-state index contributed by atoms with van der Waals surface area (Å²) in [6.07, 6.45) is 4.87. The Morgan fingerprint density at radius 3 is 2.66 bits per heavy atom. The van der Waals surface area contributed by atoms with Gasteiger partial charge in [-0.2, -0.15) is 15.3 Å². The Hall–Kier alpha value is -4.07. The van der Waals surface area contributed by atoms with Gasteiger partial charge in [-0.05, 0) is 49.7 Å². The molecule has 3 aromatic heterocycles. The summed E-state index contributed by atoms with van der Waals surface area (Å²) in [4.78, 5) is 16.3. The van der Waals surface area contributed by atoms with Crippen LogP contribution < -0.4 is 5.43 Å². The number of aromatic nitrogens is 5. The molecule has 144 valence electrons. The maximum absolute atomic E-state index is 12.3. The van der Waals surface area contributed by atoms with Crippen LogP contribution in [0.25, 0.3) is 16.9 Å². The quantitative estimate of drug-likeness (QED) is 0.407. The molecule has 0 spiro atoms. The fraction of sp³-hybridized carbons (Fsp3) is 0.0952. The van der Waals surface area contributed by atoms with Crippen molar-refractivity contribution in [1.82, 2.24) is 30.4 Å².